The maximum Gasteiger partial charge on any atom is 0.210 e. The molecule has 7 rings (SSSR count). The van der Waals surface area contributed by atoms with E-state index in [9.17, 15) is 0 Å². The van der Waals surface area contributed by atoms with Gasteiger partial charge < -0.3 is 4.90 Å². The molecule has 45 heavy (non-hydrogen) atoms. The van der Waals surface area contributed by atoms with E-state index < -0.39 is 0 Å². The van der Waals surface area contributed by atoms with E-state index in [0.717, 1.165) is 19.3 Å². The molecule has 2 heterocycles. The van der Waals surface area contributed by atoms with Crippen LogP contribution >= 0.6 is 15.9 Å². The molecular weight excluding hydrogens is 612 g/mol. The molecule has 0 spiro atoms. The Bertz CT molecular complexity index is 2060. The second-order valence-corrected chi connectivity index (χ2v) is 14.6. The lowest BCUT2D eigenvalue weighted by atomic mass is 9.79. The van der Waals surface area contributed by atoms with Gasteiger partial charge in [-0.05, 0) is 89.6 Å². The van der Waals surface area contributed by atoms with E-state index in [4.69, 9.17) is 0 Å². The van der Waals surface area contributed by atoms with Crippen molar-refractivity contribution in [1.29, 1.82) is 0 Å². The summed E-state index contributed by atoms with van der Waals surface area (Å²) < 4.78 is 3.62. The molecule has 0 saturated carbocycles. The van der Waals surface area contributed by atoms with Gasteiger partial charge in [-0.15, -0.1) is 0 Å². The Hall–Kier alpha value is -3.95. The van der Waals surface area contributed by atoms with Crippen molar-refractivity contribution in [2.45, 2.75) is 57.8 Å². The normalized spacial score (nSPS) is 21.0. The Balaban J connectivity index is 1.15. The van der Waals surface area contributed by atoms with Gasteiger partial charge in [0.2, 0.25) is 5.69 Å². The molecule has 0 fully saturated rings. The van der Waals surface area contributed by atoms with Crippen LogP contribution in [0.1, 0.15) is 58.1 Å². The first-order valence-electron chi connectivity index (χ1n) is 16.1. The first-order valence-corrected chi connectivity index (χ1v) is 16.9. The molecular formula is C42H42BrN2+. The summed E-state index contributed by atoms with van der Waals surface area (Å²) in [6.07, 6.45) is 17.0. The van der Waals surface area contributed by atoms with Crippen molar-refractivity contribution in [2.75, 3.05) is 19.0 Å². The van der Waals surface area contributed by atoms with Gasteiger partial charge in [0, 0.05) is 46.0 Å². The molecule has 2 aliphatic heterocycles. The van der Waals surface area contributed by atoms with Gasteiger partial charge in [-0.2, -0.15) is 4.58 Å². The Labute approximate surface area is 276 Å². The van der Waals surface area contributed by atoms with Crippen LogP contribution in [0.4, 0.5) is 11.4 Å². The van der Waals surface area contributed by atoms with Crippen LogP contribution < -0.4 is 4.90 Å². The highest BCUT2D eigenvalue weighted by atomic mass is 79.9. The van der Waals surface area contributed by atoms with Gasteiger partial charge in [0.15, 0.2) is 5.71 Å². The number of allylic oxidation sites excluding steroid dienone is 10. The molecule has 226 valence electrons. The van der Waals surface area contributed by atoms with Crippen molar-refractivity contribution in [3.63, 3.8) is 0 Å². The summed E-state index contributed by atoms with van der Waals surface area (Å²) in [5.74, 6) is 0. The van der Waals surface area contributed by atoms with E-state index in [-0.39, 0.29) is 10.8 Å². The van der Waals surface area contributed by atoms with Crippen molar-refractivity contribution in [3.05, 3.63) is 142 Å². The standard InChI is InChI=1S/C42H42BrN2/c1-41(2)36(44(5)34-25-22-28-14-7-10-19-32(28)38(34)41)21-12-9-16-30-17-13-18-31(40(30)43)24-27-37-42(3,4)39-33-20-11-8-15-29(33)23-26-35(39)45(37)6/h7-12,14-16,19-27H,13,17-18H2,1-6H3/q+1. The number of benzene rings is 4. The molecule has 0 aromatic heterocycles. The van der Waals surface area contributed by atoms with Crippen LogP contribution in [0, 0.1) is 0 Å². The molecule has 3 aliphatic rings. The number of anilines is 1. The molecule has 4 aromatic rings. The quantitative estimate of drug-likeness (QED) is 0.199. The number of halogens is 1. The van der Waals surface area contributed by atoms with Crippen LogP contribution in [0.25, 0.3) is 21.5 Å². The summed E-state index contributed by atoms with van der Waals surface area (Å²) in [6.45, 7) is 9.42. The fourth-order valence-electron chi connectivity index (χ4n) is 8.09. The summed E-state index contributed by atoms with van der Waals surface area (Å²) in [5.41, 5.74) is 10.7. The average Bonchev–Trinajstić information content (AvgIpc) is 3.36. The monoisotopic (exact) mass is 653 g/mol. The maximum atomic E-state index is 4.00. The number of likely N-dealkylation sites (N-methyl/N-ethyl adjacent to an activating group) is 1. The van der Waals surface area contributed by atoms with Crippen molar-refractivity contribution < 1.29 is 4.58 Å². The van der Waals surface area contributed by atoms with E-state index in [1.807, 2.05) is 0 Å². The second kappa shape index (κ2) is 11.1. The Morgan fingerprint density at radius 1 is 0.733 bits per heavy atom. The number of rotatable bonds is 4. The fourth-order valence-corrected chi connectivity index (χ4v) is 8.75. The molecule has 4 aromatic carbocycles. The molecule has 0 saturated heterocycles. The van der Waals surface area contributed by atoms with Gasteiger partial charge in [0.05, 0.1) is 5.41 Å². The summed E-state index contributed by atoms with van der Waals surface area (Å²) in [6, 6.07) is 26.6. The molecule has 0 radical (unpaired) electrons. The van der Waals surface area contributed by atoms with Gasteiger partial charge in [-0.1, -0.05) is 109 Å². The predicted molar refractivity (Wildman–Crippen MR) is 197 cm³/mol. The summed E-state index contributed by atoms with van der Waals surface area (Å²) in [5, 5.41) is 5.31. The summed E-state index contributed by atoms with van der Waals surface area (Å²) in [4.78, 5) is 2.36. The lowest BCUT2D eigenvalue weighted by molar-refractivity contribution is -0.401. The van der Waals surface area contributed by atoms with E-state index in [1.54, 1.807) is 0 Å². The number of hydrogen-bond acceptors (Lipinski definition) is 1. The minimum Gasteiger partial charge on any atom is -0.347 e. The van der Waals surface area contributed by atoms with E-state index in [2.05, 4.69) is 176 Å². The SMILES string of the molecule is CN1C(=CC=CC=C2CCCC(C=CC3=[N+](C)c4ccc5ccccc5c4C3(C)C)=C2Br)C(C)(C)c2c1ccc1ccccc21. The van der Waals surface area contributed by atoms with Crippen molar-refractivity contribution >= 4 is 54.6 Å². The number of nitrogens with zero attached hydrogens (tertiary/aromatic N) is 2. The first kappa shape index (κ1) is 29.7. The average molecular weight is 655 g/mol. The highest BCUT2D eigenvalue weighted by molar-refractivity contribution is 9.12. The van der Waals surface area contributed by atoms with Crippen LogP contribution in [0.3, 0.4) is 0 Å². The predicted octanol–water partition coefficient (Wildman–Crippen LogP) is 11.2. The van der Waals surface area contributed by atoms with E-state index in [1.165, 1.54) is 71.1 Å². The van der Waals surface area contributed by atoms with Crippen LogP contribution in [-0.4, -0.2) is 24.4 Å². The largest absolute Gasteiger partial charge is 0.347 e. The van der Waals surface area contributed by atoms with Gasteiger partial charge in [-0.25, -0.2) is 0 Å². The van der Waals surface area contributed by atoms with Crippen LogP contribution in [0.15, 0.2) is 131 Å². The number of fused-ring (bicyclic) bond motifs is 6. The molecule has 0 bridgehead atoms. The third kappa shape index (κ3) is 4.79. The topological polar surface area (TPSA) is 6.25 Å². The lowest BCUT2D eigenvalue weighted by Crippen LogP contribution is -2.27. The molecule has 0 unspecified atom stereocenters. The highest BCUT2D eigenvalue weighted by Gasteiger charge is 2.44. The summed E-state index contributed by atoms with van der Waals surface area (Å²) in [7, 11) is 4.41. The zero-order valence-corrected chi connectivity index (χ0v) is 28.9. The maximum absolute atomic E-state index is 4.00. The molecule has 1 aliphatic carbocycles. The van der Waals surface area contributed by atoms with E-state index >= 15 is 0 Å². The highest BCUT2D eigenvalue weighted by Crippen LogP contribution is 2.50. The zero-order chi connectivity index (χ0) is 31.5. The molecule has 3 heteroatoms. The van der Waals surface area contributed by atoms with Crippen LogP contribution in [-0.2, 0) is 10.8 Å². The molecule has 0 N–H and O–H groups in total. The van der Waals surface area contributed by atoms with E-state index in [0.29, 0.717) is 0 Å². The second-order valence-electron chi connectivity index (χ2n) is 13.8. The minimum atomic E-state index is -0.0782. The zero-order valence-electron chi connectivity index (χ0n) is 27.3. The third-order valence-corrected chi connectivity index (χ3v) is 11.4. The van der Waals surface area contributed by atoms with Gasteiger partial charge in [0.1, 0.15) is 7.05 Å². The summed E-state index contributed by atoms with van der Waals surface area (Å²) >= 11 is 4.00. The molecule has 2 nitrogen and oxygen atoms in total. The first-order chi connectivity index (χ1) is 21.6. The number of hydrogen-bond donors (Lipinski definition) is 0. The van der Waals surface area contributed by atoms with Crippen molar-refractivity contribution in [1.82, 2.24) is 0 Å². The lowest BCUT2D eigenvalue weighted by Gasteiger charge is -2.24. The fraction of sp³-hybridized carbons (Fsp3) is 0.262. The van der Waals surface area contributed by atoms with Crippen LogP contribution in [0.5, 0.6) is 0 Å². The smallest absolute Gasteiger partial charge is 0.210 e. The van der Waals surface area contributed by atoms with Gasteiger partial charge in [0.25, 0.3) is 0 Å². The third-order valence-electron chi connectivity index (χ3n) is 10.4. The Morgan fingerprint density at radius 3 is 2.11 bits per heavy atom. The van der Waals surface area contributed by atoms with Crippen molar-refractivity contribution in [3.8, 4) is 0 Å². The minimum absolute atomic E-state index is 0.0729. The Kier molecular flexibility index (Phi) is 7.36. The van der Waals surface area contributed by atoms with Gasteiger partial charge >= 0.3 is 0 Å². The van der Waals surface area contributed by atoms with Gasteiger partial charge in [-0.3, -0.25) is 0 Å². The Morgan fingerprint density at radius 2 is 1.38 bits per heavy atom. The van der Waals surface area contributed by atoms with Crippen molar-refractivity contribution in [2.24, 2.45) is 0 Å². The molecule has 0 atom stereocenters. The van der Waals surface area contributed by atoms with Crippen LogP contribution in [0.2, 0.25) is 0 Å². The molecule has 0 amide bonds.